The first kappa shape index (κ1) is 20.8. The number of carbonyl (C=O) groups is 2. The number of carbonyl (C=O) groups excluding carboxylic acids is 2. The molecule has 2 aromatic rings. The third-order valence-electron chi connectivity index (χ3n) is 3.52. The van der Waals surface area contributed by atoms with Crippen molar-refractivity contribution >= 4 is 35.2 Å². The number of rotatable bonds is 7. The molecule has 8 heteroatoms. The van der Waals surface area contributed by atoms with Crippen molar-refractivity contribution in [2.45, 2.75) is 0 Å². The number of ether oxygens (including phenoxy) is 3. The second-order valence-electron chi connectivity index (χ2n) is 5.42. The summed E-state index contributed by atoms with van der Waals surface area (Å²) in [5.41, 5.74) is 0.672. The quantitative estimate of drug-likeness (QED) is 0.434. The molecule has 0 unspecified atom stereocenters. The summed E-state index contributed by atoms with van der Waals surface area (Å²) < 4.78 is 15.1. The standard InChI is InChI=1S/C20H17ClN2O5/c1-26-16-5-3-4-13(9-16)8-14(11-22)20(25)28-12-19(24)23-17-10-15(21)6-7-18(17)27-2/h3-10H,12H2,1-2H3,(H,23,24)/b14-8+. The molecule has 0 saturated carbocycles. The lowest BCUT2D eigenvalue weighted by atomic mass is 10.1. The summed E-state index contributed by atoms with van der Waals surface area (Å²) in [4.78, 5) is 24.1. The lowest BCUT2D eigenvalue weighted by molar-refractivity contribution is -0.142. The Kier molecular flexibility index (Phi) is 7.43. The highest BCUT2D eigenvalue weighted by Gasteiger charge is 2.15. The Bertz CT molecular complexity index is 950. The van der Waals surface area contributed by atoms with Gasteiger partial charge in [0, 0.05) is 5.02 Å². The number of halogens is 1. The van der Waals surface area contributed by atoms with E-state index in [4.69, 9.17) is 25.8 Å². The van der Waals surface area contributed by atoms with Crippen LogP contribution in [0.25, 0.3) is 6.08 Å². The first-order valence-electron chi connectivity index (χ1n) is 8.03. The number of hydrogen-bond donors (Lipinski definition) is 1. The van der Waals surface area contributed by atoms with Crippen LogP contribution in [0.5, 0.6) is 11.5 Å². The summed E-state index contributed by atoms with van der Waals surface area (Å²) >= 11 is 5.90. The lowest BCUT2D eigenvalue weighted by Crippen LogP contribution is -2.21. The van der Waals surface area contributed by atoms with E-state index in [1.165, 1.54) is 26.4 Å². The van der Waals surface area contributed by atoms with Gasteiger partial charge in [0.25, 0.3) is 5.91 Å². The van der Waals surface area contributed by atoms with E-state index in [2.05, 4.69) is 5.32 Å². The number of nitriles is 1. The van der Waals surface area contributed by atoms with Crippen molar-refractivity contribution in [1.29, 1.82) is 5.26 Å². The zero-order chi connectivity index (χ0) is 20.5. The Morgan fingerprint density at radius 2 is 1.96 bits per heavy atom. The number of anilines is 1. The molecular formula is C20H17ClN2O5. The van der Waals surface area contributed by atoms with E-state index in [9.17, 15) is 14.9 Å². The van der Waals surface area contributed by atoms with Gasteiger partial charge in [0.15, 0.2) is 6.61 Å². The topological polar surface area (TPSA) is 97.6 Å². The van der Waals surface area contributed by atoms with Gasteiger partial charge in [-0.3, -0.25) is 4.79 Å². The van der Waals surface area contributed by atoms with E-state index < -0.39 is 18.5 Å². The number of amides is 1. The van der Waals surface area contributed by atoms with Crippen molar-refractivity contribution in [1.82, 2.24) is 0 Å². The Morgan fingerprint density at radius 3 is 2.64 bits per heavy atom. The maximum atomic E-state index is 12.1. The van der Waals surface area contributed by atoms with Gasteiger partial charge in [0.1, 0.15) is 23.1 Å². The number of benzene rings is 2. The van der Waals surface area contributed by atoms with Crippen LogP contribution in [0.15, 0.2) is 48.0 Å². The van der Waals surface area contributed by atoms with Gasteiger partial charge in [0.05, 0.1) is 19.9 Å². The molecule has 0 aliphatic carbocycles. The van der Waals surface area contributed by atoms with Gasteiger partial charge in [-0.1, -0.05) is 23.7 Å². The lowest BCUT2D eigenvalue weighted by Gasteiger charge is -2.10. The first-order chi connectivity index (χ1) is 13.5. The zero-order valence-electron chi connectivity index (χ0n) is 15.2. The van der Waals surface area contributed by atoms with Gasteiger partial charge < -0.3 is 19.5 Å². The van der Waals surface area contributed by atoms with Crippen molar-refractivity contribution < 1.29 is 23.8 Å². The highest BCUT2D eigenvalue weighted by molar-refractivity contribution is 6.31. The van der Waals surface area contributed by atoms with Crippen LogP contribution in [0.3, 0.4) is 0 Å². The predicted octanol–water partition coefficient (Wildman–Crippen LogP) is 3.45. The van der Waals surface area contributed by atoms with Crippen molar-refractivity contribution in [3.8, 4) is 17.6 Å². The van der Waals surface area contributed by atoms with Crippen LogP contribution in [0.1, 0.15) is 5.56 Å². The van der Waals surface area contributed by atoms with Crippen LogP contribution >= 0.6 is 11.6 Å². The largest absolute Gasteiger partial charge is 0.497 e. The second-order valence-corrected chi connectivity index (χ2v) is 5.85. The molecule has 0 saturated heterocycles. The minimum atomic E-state index is -0.918. The Morgan fingerprint density at radius 1 is 1.18 bits per heavy atom. The summed E-state index contributed by atoms with van der Waals surface area (Å²) in [5.74, 6) is -0.542. The Hall–Kier alpha value is -3.50. The van der Waals surface area contributed by atoms with E-state index in [0.29, 0.717) is 27.8 Å². The van der Waals surface area contributed by atoms with Crippen molar-refractivity contribution in [3.63, 3.8) is 0 Å². The van der Waals surface area contributed by atoms with Gasteiger partial charge in [-0.05, 0) is 42.0 Å². The summed E-state index contributed by atoms with van der Waals surface area (Å²) in [5, 5.41) is 12.1. The zero-order valence-corrected chi connectivity index (χ0v) is 15.9. The maximum Gasteiger partial charge on any atom is 0.349 e. The van der Waals surface area contributed by atoms with E-state index in [1.54, 1.807) is 42.5 Å². The van der Waals surface area contributed by atoms with Gasteiger partial charge in [-0.25, -0.2) is 4.79 Å². The second kappa shape index (κ2) is 10.00. The predicted molar refractivity (Wildman–Crippen MR) is 104 cm³/mol. The molecule has 1 amide bonds. The third-order valence-corrected chi connectivity index (χ3v) is 3.75. The molecule has 7 nitrogen and oxygen atoms in total. The molecule has 2 rings (SSSR count). The number of methoxy groups -OCH3 is 2. The molecule has 0 aromatic heterocycles. The fourth-order valence-electron chi connectivity index (χ4n) is 2.21. The molecule has 144 valence electrons. The molecule has 2 aromatic carbocycles. The van der Waals surface area contributed by atoms with Gasteiger partial charge >= 0.3 is 5.97 Å². The molecule has 0 spiro atoms. The van der Waals surface area contributed by atoms with Crippen LogP contribution in [-0.4, -0.2) is 32.7 Å². The Balaban J connectivity index is 2.01. The van der Waals surface area contributed by atoms with Gasteiger partial charge in [-0.2, -0.15) is 5.26 Å². The van der Waals surface area contributed by atoms with Crippen molar-refractivity contribution in [3.05, 3.63) is 58.6 Å². The minimum Gasteiger partial charge on any atom is -0.497 e. The number of nitrogens with zero attached hydrogens (tertiary/aromatic N) is 1. The fourth-order valence-corrected chi connectivity index (χ4v) is 2.38. The minimum absolute atomic E-state index is 0.249. The maximum absolute atomic E-state index is 12.1. The van der Waals surface area contributed by atoms with Crippen LogP contribution in [0, 0.1) is 11.3 Å². The molecule has 0 atom stereocenters. The molecule has 0 bridgehead atoms. The molecule has 0 aliphatic heterocycles. The summed E-state index contributed by atoms with van der Waals surface area (Å²) in [7, 11) is 2.96. The van der Waals surface area contributed by atoms with E-state index in [1.807, 2.05) is 0 Å². The molecular weight excluding hydrogens is 384 g/mol. The van der Waals surface area contributed by atoms with Crippen LogP contribution in [0.4, 0.5) is 5.69 Å². The average Bonchev–Trinajstić information content (AvgIpc) is 2.70. The molecule has 1 N–H and O–H groups in total. The fraction of sp³-hybridized carbons (Fsp3) is 0.150. The van der Waals surface area contributed by atoms with Gasteiger partial charge in [0.2, 0.25) is 0 Å². The summed E-state index contributed by atoms with van der Waals surface area (Å²) in [6.07, 6.45) is 1.35. The molecule has 0 radical (unpaired) electrons. The Labute approximate surface area is 167 Å². The number of hydrogen-bond acceptors (Lipinski definition) is 6. The third kappa shape index (κ3) is 5.76. The van der Waals surface area contributed by atoms with Crippen molar-refractivity contribution in [2.75, 3.05) is 26.1 Å². The van der Waals surface area contributed by atoms with E-state index in [0.717, 1.165) is 0 Å². The molecule has 0 aliphatic rings. The van der Waals surface area contributed by atoms with Crippen LogP contribution < -0.4 is 14.8 Å². The number of esters is 1. The normalized spacial score (nSPS) is 10.6. The van der Waals surface area contributed by atoms with Gasteiger partial charge in [-0.15, -0.1) is 0 Å². The molecule has 0 fully saturated rings. The van der Waals surface area contributed by atoms with Crippen LogP contribution in [-0.2, 0) is 14.3 Å². The van der Waals surface area contributed by atoms with E-state index in [-0.39, 0.29) is 5.57 Å². The monoisotopic (exact) mass is 400 g/mol. The average molecular weight is 401 g/mol. The van der Waals surface area contributed by atoms with E-state index >= 15 is 0 Å². The molecule has 0 heterocycles. The highest BCUT2D eigenvalue weighted by atomic mass is 35.5. The van der Waals surface area contributed by atoms with Crippen LogP contribution in [0.2, 0.25) is 5.02 Å². The summed E-state index contributed by atoms with van der Waals surface area (Å²) in [6, 6.07) is 13.3. The smallest absolute Gasteiger partial charge is 0.349 e. The highest BCUT2D eigenvalue weighted by Crippen LogP contribution is 2.27. The first-order valence-corrected chi connectivity index (χ1v) is 8.41. The van der Waals surface area contributed by atoms with Crippen molar-refractivity contribution in [2.24, 2.45) is 0 Å². The molecule has 28 heavy (non-hydrogen) atoms. The SMILES string of the molecule is COc1cccc(/C=C(\C#N)C(=O)OCC(=O)Nc2cc(Cl)ccc2OC)c1. The number of nitrogens with one attached hydrogen (secondary N) is 1. The summed E-state index contributed by atoms with van der Waals surface area (Å²) in [6.45, 7) is -0.578.